The van der Waals surface area contributed by atoms with Crippen LogP contribution in [0.25, 0.3) is 0 Å². The first-order valence-corrected chi connectivity index (χ1v) is 9.36. The molecule has 0 spiro atoms. The SMILES string of the molecule is Cl.O=C(CCCN1CCC(Cc2ccc(F)cc2)CC1)c1ccc(F)cc1. The lowest BCUT2D eigenvalue weighted by atomic mass is 9.90. The predicted octanol–water partition coefficient (Wildman–Crippen LogP) is 5.30. The van der Waals surface area contributed by atoms with Gasteiger partial charge in [0.1, 0.15) is 11.6 Å². The van der Waals surface area contributed by atoms with Crippen LogP contribution in [0.2, 0.25) is 0 Å². The molecule has 1 heterocycles. The molecule has 0 aliphatic carbocycles. The van der Waals surface area contributed by atoms with Crippen LogP contribution in [0.5, 0.6) is 0 Å². The first-order chi connectivity index (χ1) is 12.6. The van der Waals surface area contributed by atoms with E-state index in [1.54, 1.807) is 12.1 Å². The number of likely N-dealkylation sites (tertiary alicyclic amines) is 1. The highest BCUT2D eigenvalue weighted by Gasteiger charge is 2.19. The van der Waals surface area contributed by atoms with Crippen LogP contribution in [-0.2, 0) is 6.42 Å². The molecular weight excluding hydrogens is 368 g/mol. The fourth-order valence-electron chi connectivity index (χ4n) is 3.61. The summed E-state index contributed by atoms with van der Waals surface area (Å²) in [5.74, 6) is 0.234. The first-order valence-electron chi connectivity index (χ1n) is 9.36. The molecule has 2 aromatic rings. The van der Waals surface area contributed by atoms with Gasteiger partial charge in [-0.05, 0) is 93.2 Å². The van der Waals surface area contributed by atoms with Crippen LogP contribution >= 0.6 is 12.4 Å². The molecule has 0 atom stereocenters. The zero-order valence-electron chi connectivity index (χ0n) is 15.4. The average Bonchev–Trinajstić information content (AvgIpc) is 2.65. The van der Waals surface area contributed by atoms with Gasteiger partial charge in [-0.25, -0.2) is 8.78 Å². The number of carbonyl (C=O) groups excluding carboxylic acids is 1. The van der Waals surface area contributed by atoms with E-state index in [4.69, 9.17) is 0 Å². The number of nitrogens with zero attached hydrogens (tertiary/aromatic N) is 1. The van der Waals surface area contributed by atoms with Crippen molar-refractivity contribution >= 4 is 18.2 Å². The Bertz CT molecular complexity index is 710. The molecular formula is C22H26ClF2NO. The molecule has 0 saturated carbocycles. The molecule has 1 fully saturated rings. The molecule has 0 amide bonds. The fourth-order valence-corrected chi connectivity index (χ4v) is 3.61. The third-order valence-corrected chi connectivity index (χ3v) is 5.19. The Morgan fingerprint density at radius 2 is 1.48 bits per heavy atom. The van der Waals surface area contributed by atoms with E-state index in [9.17, 15) is 13.6 Å². The Hall–Kier alpha value is -1.78. The van der Waals surface area contributed by atoms with Gasteiger partial charge in [-0.2, -0.15) is 0 Å². The zero-order chi connectivity index (χ0) is 18.4. The van der Waals surface area contributed by atoms with Gasteiger partial charge in [-0.15, -0.1) is 12.4 Å². The van der Waals surface area contributed by atoms with E-state index in [0.29, 0.717) is 17.9 Å². The number of Topliss-reactive ketones (excluding diaryl/α,β-unsaturated/α-hetero) is 1. The van der Waals surface area contributed by atoms with Crippen molar-refractivity contribution in [2.75, 3.05) is 19.6 Å². The zero-order valence-corrected chi connectivity index (χ0v) is 16.2. The molecule has 1 aliphatic rings. The molecule has 0 unspecified atom stereocenters. The highest BCUT2D eigenvalue weighted by molar-refractivity contribution is 5.95. The second kappa shape index (κ2) is 10.5. The monoisotopic (exact) mass is 393 g/mol. The quantitative estimate of drug-likeness (QED) is 0.594. The highest BCUT2D eigenvalue weighted by Crippen LogP contribution is 2.22. The Morgan fingerprint density at radius 3 is 2.07 bits per heavy atom. The van der Waals surface area contributed by atoms with E-state index in [0.717, 1.165) is 45.3 Å². The van der Waals surface area contributed by atoms with Crippen molar-refractivity contribution in [1.29, 1.82) is 0 Å². The van der Waals surface area contributed by atoms with Crippen molar-refractivity contribution in [1.82, 2.24) is 4.90 Å². The smallest absolute Gasteiger partial charge is 0.162 e. The number of rotatable bonds is 7. The van der Waals surface area contributed by atoms with Gasteiger partial charge < -0.3 is 4.90 Å². The van der Waals surface area contributed by atoms with Crippen molar-refractivity contribution in [2.24, 2.45) is 5.92 Å². The Labute approximate surface area is 166 Å². The summed E-state index contributed by atoms with van der Waals surface area (Å²) in [7, 11) is 0. The number of hydrogen-bond acceptors (Lipinski definition) is 2. The minimum atomic E-state index is -0.315. The van der Waals surface area contributed by atoms with Crippen LogP contribution in [-0.4, -0.2) is 30.3 Å². The van der Waals surface area contributed by atoms with Crippen molar-refractivity contribution in [3.05, 3.63) is 71.3 Å². The number of carbonyl (C=O) groups is 1. The number of halogens is 3. The van der Waals surface area contributed by atoms with E-state index < -0.39 is 0 Å². The molecule has 146 valence electrons. The molecule has 0 aromatic heterocycles. The lowest BCUT2D eigenvalue weighted by Crippen LogP contribution is -2.35. The minimum absolute atomic E-state index is 0. The largest absolute Gasteiger partial charge is 0.303 e. The fraction of sp³-hybridized carbons (Fsp3) is 0.409. The standard InChI is InChI=1S/C22H25F2NO.ClH/c23-20-7-3-17(4-8-20)16-18-11-14-25(15-12-18)13-1-2-22(26)19-5-9-21(24)10-6-19;/h3-10,18H,1-2,11-16H2;1H. The van der Waals surface area contributed by atoms with Gasteiger partial charge in [0, 0.05) is 12.0 Å². The summed E-state index contributed by atoms with van der Waals surface area (Å²) in [5, 5.41) is 0. The second-order valence-corrected chi connectivity index (χ2v) is 7.15. The van der Waals surface area contributed by atoms with E-state index >= 15 is 0 Å². The summed E-state index contributed by atoms with van der Waals surface area (Å²) in [6.07, 6.45) is 4.63. The molecule has 0 bridgehead atoms. The van der Waals surface area contributed by atoms with Crippen molar-refractivity contribution in [3.8, 4) is 0 Å². The Kier molecular flexibility index (Phi) is 8.39. The molecule has 5 heteroatoms. The lowest BCUT2D eigenvalue weighted by molar-refractivity contribution is 0.0970. The maximum absolute atomic E-state index is 13.0. The summed E-state index contributed by atoms with van der Waals surface area (Å²) in [6, 6.07) is 12.6. The molecule has 27 heavy (non-hydrogen) atoms. The van der Waals surface area contributed by atoms with Crippen LogP contribution in [0.4, 0.5) is 8.78 Å². The van der Waals surface area contributed by atoms with Crippen molar-refractivity contribution < 1.29 is 13.6 Å². The lowest BCUT2D eigenvalue weighted by Gasteiger charge is -2.32. The van der Waals surface area contributed by atoms with Crippen LogP contribution in [0, 0.1) is 17.6 Å². The van der Waals surface area contributed by atoms with Crippen LogP contribution in [0.15, 0.2) is 48.5 Å². The van der Waals surface area contributed by atoms with Crippen molar-refractivity contribution in [2.45, 2.75) is 32.1 Å². The maximum atomic E-state index is 13.0. The molecule has 0 N–H and O–H groups in total. The third kappa shape index (κ3) is 6.71. The molecule has 1 saturated heterocycles. The highest BCUT2D eigenvalue weighted by atomic mass is 35.5. The summed E-state index contributed by atoms with van der Waals surface area (Å²) in [5.41, 5.74) is 1.79. The van der Waals surface area contributed by atoms with Gasteiger partial charge in [0.15, 0.2) is 5.78 Å². The molecule has 2 aromatic carbocycles. The van der Waals surface area contributed by atoms with Gasteiger partial charge in [0.05, 0.1) is 0 Å². The summed E-state index contributed by atoms with van der Waals surface area (Å²) in [4.78, 5) is 14.5. The van der Waals surface area contributed by atoms with E-state index in [1.807, 2.05) is 12.1 Å². The van der Waals surface area contributed by atoms with E-state index in [-0.39, 0.29) is 29.8 Å². The predicted molar refractivity (Wildman–Crippen MR) is 106 cm³/mol. The van der Waals surface area contributed by atoms with Gasteiger partial charge >= 0.3 is 0 Å². The molecule has 0 radical (unpaired) electrons. The summed E-state index contributed by atoms with van der Waals surface area (Å²) in [6.45, 7) is 3.03. The van der Waals surface area contributed by atoms with Gasteiger partial charge in [-0.3, -0.25) is 4.79 Å². The van der Waals surface area contributed by atoms with Crippen LogP contribution in [0.1, 0.15) is 41.6 Å². The van der Waals surface area contributed by atoms with E-state index in [1.165, 1.54) is 29.8 Å². The third-order valence-electron chi connectivity index (χ3n) is 5.19. The topological polar surface area (TPSA) is 20.3 Å². The summed E-state index contributed by atoms with van der Waals surface area (Å²) >= 11 is 0. The molecule has 3 rings (SSSR count). The van der Waals surface area contributed by atoms with Gasteiger partial charge in [0.2, 0.25) is 0 Å². The number of benzene rings is 2. The molecule has 1 aliphatic heterocycles. The number of hydrogen-bond donors (Lipinski definition) is 0. The maximum Gasteiger partial charge on any atom is 0.162 e. The number of piperidine rings is 1. The second-order valence-electron chi connectivity index (χ2n) is 7.15. The Morgan fingerprint density at radius 1 is 0.926 bits per heavy atom. The van der Waals surface area contributed by atoms with E-state index in [2.05, 4.69) is 4.90 Å². The van der Waals surface area contributed by atoms with Crippen molar-refractivity contribution in [3.63, 3.8) is 0 Å². The van der Waals surface area contributed by atoms with Crippen LogP contribution < -0.4 is 0 Å². The summed E-state index contributed by atoms with van der Waals surface area (Å²) < 4.78 is 25.9. The normalized spacial score (nSPS) is 15.3. The average molecular weight is 394 g/mol. The number of ketones is 1. The Balaban J connectivity index is 0.00000261. The first kappa shape index (κ1) is 21.5. The van der Waals surface area contributed by atoms with Gasteiger partial charge in [0.25, 0.3) is 0 Å². The van der Waals surface area contributed by atoms with Gasteiger partial charge in [-0.1, -0.05) is 12.1 Å². The minimum Gasteiger partial charge on any atom is -0.303 e. The molecule has 2 nitrogen and oxygen atoms in total. The van der Waals surface area contributed by atoms with Crippen LogP contribution in [0.3, 0.4) is 0 Å².